The van der Waals surface area contributed by atoms with Gasteiger partial charge in [0.25, 0.3) is 5.92 Å². The first-order valence-corrected chi connectivity index (χ1v) is 9.66. The van der Waals surface area contributed by atoms with Crippen molar-refractivity contribution in [2.75, 3.05) is 13.1 Å². The van der Waals surface area contributed by atoms with Crippen LogP contribution in [0.4, 0.5) is 8.78 Å². The van der Waals surface area contributed by atoms with Gasteiger partial charge in [0, 0.05) is 12.6 Å². The van der Waals surface area contributed by atoms with Gasteiger partial charge in [-0.2, -0.15) is 0 Å². The molecular formula is C20H37F2NO. The highest BCUT2D eigenvalue weighted by atomic mass is 19.3. The Labute approximate surface area is 147 Å². The molecular weight excluding hydrogens is 308 g/mol. The van der Waals surface area contributed by atoms with E-state index in [0.717, 1.165) is 17.6 Å². The Morgan fingerprint density at radius 3 is 2.21 bits per heavy atom. The summed E-state index contributed by atoms with van der Waals surface area (Å²) in [5, 5.41) is 0. The highest BCUT2D eigenvalue weighted by Crippen LogP contribution is 2.52. The summed E-state index contributed by atoms with van der Waals surface area (Å²) in [5.74, 6) is -2.37. The molecule has 0 aromatic carbocycles. The van der Waals surface area contributed by atoms with Gasteiger partial charge in [0.15, 0.2) is 5.60 Å². The van der Waals surface area contributed by atoms with E-state index in [2.05, 4.69) is 13.8 Å². The van der Waals surface area contributed by atoms with E-state index in [1.807, 2.05) is 46.4 Å². The number of likely N-dealkylation sites (tertiary alicyclic amines) is 1. The first kappa shape index (κ1) is 21.6. The monoisotopic (exact) mass is 345 g/mol. The number of nitrogens with zero attached hydrogens (tertiary/aromatic N) is 1. The van der Waals surface area contributed by atoms with Crippen molar-refractivity contribution in [1.29, 1.82) is 0 Å². The molecule has 24 heavy (non-hydrogen) atoms. The Morgan fingerprint density at radius 2 is 1.79 bits per heavy atom. The van der Waals surface area contributed by atoms with Crippen LogP contribution in [-0.2, 0) is 4.74 Å². The second-order valence-corrected chi connectivity index (χ2v) is 7.56. The largest absolute Gasteiger partial charge is 0.357 e. The molecule has 0 aliphatic carbocycles. The molecule has 0 bridgehead atoms. The second-order valence-electron chi connectivity index (χ2n) is 7.56. The van der Waals surface area contributed by atoms with Crippen LogP contribution in [0.5, 0.6) is 0 Å². The third kappa shape index (κ3) is 3.85. The lowest BCUT2D eigenvalue weighted by molar-refractivity contribution is -0.224. The van der Waals surface area contributed by atoms with Crippen LogP contribution in [0.3, 0.4) is 0 Å². The summed E-state index contributed by atoms with van der Waals surface area (Å²) >= 11 is 0. The lowest BCUT2D eigenvalue weighted by Crippen LogP contribution is -2.62. The molecule has 2 atom stereocenters. The van der Waals surface area contributed by atoms with Crippen LogP contribution in [0, 0.1) is 5.92 Å². The van der Waals surface area contributed by atoms with Gasteiger partial charge in [-0.25, -0.2) is 8.78 Å². The minimum atomic E-state index is -2.83. The number of piperidine rings is 1. The maximum Gasteiger partial charge on any atom is 0.292 e. The predicted molar refractivity (Wildman–Crippen MR) is 97.7 cm³/mol. The van der Waals surface area contributed by atoms with Gasteiger partial charge < -0.3 is 4.74 Å². The summed E-state index contributed by atoms with van der Waals surface area (Å²) in [5.41, 5.74) is 0.633. The fraction of sp³-hybridized carbons (Fsp3) is 0.900. The topological polar surface area (TPSA) is 12.5 Å². The van der Waals surface area contributed by atoms with E-state index in [1.165, 1.54) is 0 Å². The van der Waals surface area contributed by atoms with Gasteiger partial charge in [0.2, 0.25) is 0 Å². The average molecular weight is 346 g/mol. The molecule has 0 amide bonds. The summed E-state index contributed by atoms with van der Waals surface area (Å²) in [6.45, 7) is 16.6. The van der Waals surface area contributed by atoms with Crippen molar-refractivity contribution >= 4 is 0 Å². The van der Waals surface area contributed by atoms with Crippen LogP contribution in [0.15, 0.2) is 11.1 Å². The quantitative estimate of drug-likeness (QED) is 0.608. The number of hydrogen-bond donors (Lipinski definition) is 0. The first-order chi connectivity index (χ1) is 11.1. The Morgan fingerprint density at radius 1 is 1.21 bits per heavy atom. The van der Waals surface area contributed by atoms with Gasteiger partial charge in [0.1, 0.15) is 0 Å². The zero-order chi connectivity index (χ0) is 18.7. The summed E-state index contributed by atoms with van der Waals surface area (Å²) in [7, 11) is 0. The predicted octanol–water partition coefficient (Wildman–Crippen LogP) is 5.67. The normalized spacial score (nSPS) is 30.2. The number of hydrogen-bond acceptors (Lipinski definition) is 2. The van der Waals surface area contributed by atoms with Gasteiger partial charge in [-0.05, 0) is 57.1 Å². The summed E-state index contributed by atoms with van der Waals surface area (Å²) in [4.78, 5) is 1.87. The van der Waals surface area contributed by atoms with Crippen LogP contribution < -0.4 is 0 Å². The van der Waals surface area contributed by atoms with Crippen LogP contribution >= 0.6 is 0 Å². The van der Waals surface area contributed by atoms with E-state index in [0.29, 0.717) is 25.3 Å². The van der Waals surface area contributed by atoms with Gasteiger partial charge in [-0.15, -0.1) is 0 Å². The Kier molecular flexibility index (Phi) is 7.43. The Bertz CT molecular complexity index is 445. The molecule has 2 nitrogen and oxygen atoms in total. The molecule has 0 radical (unpaired) electrons. The third-order valence-corrected chi connectivity index (χ3v) is 5.20. The van der Waals surface area contributed by atoms with Gasteiger partial charge >= 0.3 is 0 Å². The lowest BCUT2D eigenvalue weighted by atomic mass is 9.77. The minimum Gasteiger partial charge on any atom is -0.357 e. The molecule has 2 aliphatic rings. The fourth-order valence-electron chi connectivity index (χ4n) is 4.09. The van der Waals surface area contributed by atoms with Gasteiger partial charge in [-0.3, -0.25) is 4.90 Å². The Balaban J connectivity index is 0.00000139. The summed E-state index contributed by atoms with van der Waals surface area (Å²) in [6, 6.07) is 0.145. The number of rotatable bonds is 4. The lowest BCUT2D eigenvalue weighted by Gasteiger charge is -2.47. The van der Waals surface area contributed by atoms with Crippen molar-refractivity contribution in [2.24, 2.45) is 5.92 Å². The second kappa shape index (κ2) is 8.27. The summed E-state index contributed by atoms with van der Waals surface area (Å²) < 4.78 is 36.2. The first-order valence-electron chi connectivity index (χ1n) is 9.66. The molecule has 0 saturated carbocycles. The van der Waals surface area contributed by atoms with E-state index in [4.69, 9.17) is 4.74 Å². The van der Waals surface area contributed by atoms with Crippen LogP contribution in [-0.4, -0.2) is 41.7 Å². The maximum atomic E-state index is 15.1. The molecule has 2 aliphatic heterocycles. The summed E-state index contributed by atoms with van der Waals surface area (Å²) in [6.07, 6.45) is 1.72. The van der Waals surface area contributed by atoms with Crippen molar-refractivity contribution in [3.63, 3.8) is 0 Å². The van der Waals surface area contributed by atoms with E-state index >= 15 is 8.78 Å². The molecule has 0 N–H and O–H groups in total. The van der Waals surface area contributed by atoms with E-state index in [1.54, 1.807) is 0 Å². The third-order valence-electron chi connectivity index (χ3n) is 5.20. The van der Waals surface area contributed by atoms with E-state index in [9.17, 15) is 0 Å². The molecule has 142 valence electrons. The van der Waals surface area contributed by atoms with Crippen molar-refractivity contribution in [3.8, 4) is 0 Å². The average Bonchev–Trinajstić information content (AvgIpc) is 2.76. The molecule has 1 saturated heterocycles. The van der Waals surface area contributed by atoms with Crippen molar-refractivity contribution in [2.45, 2.75) is 98.3 Å². The van der Waals surface area contributed by atoms with Crippen molar-refractivity contribution < 1.29 is 13.5 Å². The van der Waals surface area contributed by atoms with E-state index < -0.39 is 11.5 Å². The Hall–Kier alpha value is -0.480. The van der Waals surface area contributed by atoms with Crippen molar-refractivity contribution in [3.05, 3.63) is 11.1 Å². The fourth-order valence-corrected chi connectivity index (χ4v) is 4.09. The maximum absolute atomic E-state index is 15.1. The molecule has 2 rings (SSSR count). The number of halogens is 2. The zero-order valence-corrected chi connectivity index (χ0v) is 16.9. The number of ether oxygens (including phenoxy) is 1. The van der Waals surface area contributed by atoms with Gasteiger partial charge in [0.05, 0.1) is 12.6 Å². The van der Waals surface area contributed by atoms with Crippen LogP contribution in [0.2, 0.25) is 0 Å². The van der Waals surface area contributed by atoms with E-state index in [-0.39, 0.29) is 18.7 Å². The number of alkyl halides is 2. The van der Waals surface area contributed by atoms with Crippen LogP contribution in [0.1, 0.15) is 74.7 Å². The minimum absolute atomic E-state index is 0.145. The molecule has 2 unspecified atom stereocenters. The van der Waals surface area contributed by atoms with Gasteiger partial charge in [-0.1, -0.05) is 34.6 Å². The standard InChI is InChI=1S/C18H31F2NO.C2H6/c1-7-16-15(10-12(2)3)14(6)22-17(16)8-9-21(13(4)5)11-18(17,19)20;1-2/h12-14H,7-11H2,1-6H3;1-2H3. The smallest absolute Gasteiger partial charge is 0.292 e. The molecule has 2 heterocycles. The van der Waals surface area contributed by atoms with Crippen molar-refractivity contribution in [1.82, 2.24) is 4.90 Å². The van der Waals surface area contributed by atoms with Crippen LogP contribution in [0.25, 0.3) is 0 Å². The highest BCUT2D eigenvalue weighted by molar-refractivity contribution is 5.36. The highest BCUT2D eigenvalue weighted by Gasteiger charge is 2.63. The molecule has 0 aromatic heterocycles. The molecule has 1 fully saturated rings. The molecule has 0 aromatic rings. The zero-order valence-electron chi connectivity index (χ0n) is 16.9. The SMILES string of the molecule is CC.CCC1=C(CC(C)C)C(C)OC12CCN(C(C)C)CC2(F)F. The molecule has 1 spiro atoms. The molecule has 4 heteroatoms.